The zero-order chi connectivity index (χ0) is 15.5. The first kappa shape index (κ1) is 16.0. The van der Waals surface area contributed by atoms with Crippen LogP contribution in [0.4, 0.5) is 0 Å². The predicted molar refractivity (Wildman–Crippen MR) is 77.4 cm³/mol. The smallest absolute Gasteiger partial charge is 0.246 e. The number of carbonyl (C=O) groups excluding carboxylic acids is 2. The second-order valence-corrected chi connectivity index (χ2v) is 5.79. The minimum atomic E-state index is -0.582. The van der Waals surface area contributed by atoms with Crippen LogP contribution in [0.3, 0.4) is 0 Å². The lowest BCUT2D eigenvalue weighted by Gasteiger charge is -2.40. The molecule has 0 bridgehead atoms. The second-order valence-electron chi connectivity index (χ2n) is 5.79. The van der Waals surface area contributed by atoms with Crippen LogP contribution >= 0.6 is 0 Å². The van der Waals surface area contributed by atoms with Gasteiger partial charge < -0.3 is 19.3 Å². The summed E-state index contributed by atoms with van der Waals surface area (Å²) in [6, 6.07) is 0. The van der Waals surface area contributed by atoms with Crippen molar-refractivity contribution in [3.05, 3.63) is 12.7 Å². The van der Waals surface area contributed by atoms with Crippen molar-refractivity contribution in [2.24, 2.45) is 5.92 Å². The molecule has 1 unspecified atom stereocenters. The molecule has 2 aliphatic heterocycles. The lowest BCUT2D eigenvalue weighted by Crippen LogP contribution is -2.50. The lowest BCUT2D eigenvalue weighted by molar-refractivity contribution is -0.193. The van der Waals surface area contributed by atoms with Gasteiger partial charge in [-0.1, -0.05) is 6.58 Å². The van der Waals surface area contributed by atoms with Crippen molar-refractivity contribution in [3.63, 3.8) is 0 Å². The van der Waals surface area contributed by atoms with Crippen molar-refractivity contribution in [1.82, 2.24) is 9.80 Å². The standard InChI is InChI=1S/C15H24N2O4/c1-4-13(18)16(3)11-14(19)17-7-5-6-12(10-17)15(2)20-8-9-21-15/h4,12H,1,5-11H2,2-3H3. The second kappa shape index (κ2) is 6.58. The van der Waals surface area contributed by atoms with Gasteiger partial charge in [0.25, 0.3) is 0 Å². The molecule has 0 aliphatic carbocycles. The maximum absolute atomic E-state index is 12.3. The molecule has 6 nitrogen and oxygen atoms in total. The van der Waals surface area contributed by atoms with Gasteiger partial charge in [-0.25, -0.2) is 0 Å². The number of likely N-dealkylation sites (N-methyl/N-ethyl adjacent to an activating group) is 1. The van der Waals surface area contributed by atoms with Gasteiger partial charge in [-0.2, -0.15) is 0 Å². The maximum atomic E-state index is 12.3. The SMILES string of the molecule is C=CC(=O)N(C)CC(=O)N1CCCC(C2(C)OCCO2)C1. The highest BCUT2D eigenvalue weighted by Crippen LogP contribution is 2.34. The Labute approximate surface area is 125 Å². The molecule has 2 amide bonds. The number of hydrogen-bond donors (Lipinski definition) is 0. The minimum absolute atomic E-state index is 0.0426. The van der Waals surface area contributed by atoms with Crippen LogP contribution in [0.15, 0.2) is 12.7 Å². The van der Waals surface area contributed by atoms with E-state index in [0.717, 1.165) is 19.4 Å². The van der Waals surface area contributed by atoms with Gasteiger partial charge in [0.2, 0.25) is 11.8 Å². The average molecular weight is 296 g/mol. The topological polar surface area (TPSA) is 59.1 Å². The fourth-order valence-corrected chi connectivity index (χ4v) is 2.93. The van der Waals surface area contributed by atoms with Crippen LogP contribution in [0.25, 0.3) is 0 Å². The Balaban J connectivity index is 1.92. The van der Waals surface area contributed by atoms with E-state index >= 15 is 0 Å². The van der Waals surface area contributed by atoms with Gasteiger partial charge >= 0.3 is 0 Å². The Morgan fingerprint density at radius 1 is 1.43 bits per heavy atom. The van der Waals surface area contributed by atoms with Gasteiger partial charge in [-0.05, 0) is 25.8 Å². The van der Waals surface area contributed by atoms with E-state index in [2.05, 4.69) is 6.58 Å². The summed E-state index contributed by atoms with van der Waals surface area (Å²) in [6.45, 7) is 8.01. The first-order chi connectivity index (χ1) is 9.96. The molecule has 0 aromatic carbocycles. The number of rotatable bonds is 4. The zero-order valence-electron chi connectivity index (χ0n) is 12.8. The van der Waals surface area contributed by atoms with E-state index in [9.17, 15) is 9.59 Å². The summed E-state index contributed by atoms with van der Waals surface area (Å²) in [5, 5.41) is 0. The maximum Gasteiger partial charge on any atom is 0.246 e. The van der Waals surface area contributed by atoms with E-state index in [4.69, 9.17) is 9.47 Å². The van der Waals surface area contributed by atoms with Crippen LogP contribution in [-0.2, 0) is 19.1 Å². The highest BCUT2D eigenvalue weighted by molar-refractivity contribution is 5.90. The quantitative estimate of drug-likeness (QED) is 0.714. The van der Waals surface area contributed by atoms with Crippen LogP contribution in [0.5, 0.6) is 0 Å². The Kier molecular flexibility index (Phi) is 5.00. The number of likely N-dealkylation sites (tertiary alicyclic amines) is 1. The summed E-state index contributed by atoms with van der Waals surface area (Å²) in [4.78, 5) is 26.9. The van der Waals surface area contributed by atoms with Crippen LogP contribution in [-0.4, -0.2) is 67.3 Å². The summed E-state index contributed by atoms with van der Waals surface area (Å²) in [5.74, 6) is -0.689. The lowest BCUT2D eigenvalue weighted by atomic mass is 9.90. The Morgan fingerprint density at radius 3 is 2.71 bits per heavy atom. The summed E-state index contributed by atoms with van der Waals surface area (Å²) in [6.07, 6.45) is 3.13. The van der Waals surface area contributed by atoms with Gasteiger partial charge in [0.05, 0.1) is 19.8 Å². The number of carbonyl (C=O) groups is 2. The van der Waals surface area contributed by atoms with Crippen LogP contribution < -0.4 is 0 Å². The average Bonchev–Trinajstić information content (AvgIpc) is 2.94. The predicted octanol–water partition coefficient (Wildman–Crippen LogP) is 0.632. The van der Waals surface area contributed by atoms with E-state index in [1.807, 2.05) is 6.92 Å². The van der Waals surface area contributed by atoms with E-state index in [1.165, 1.54) is 11.0 Å². The molecule has 118 valence electrons. The number of piperidine rings is 1. The third kappa shape index (κ3) is 3.63. The van der Waals surface area contributed by atoms with Crippen LogP contribution in [0.1, 0.15) is 19.8 Å². The first-order valence-electron chi connectivity index (χ1n) is 7.39. The summed E-state index contributed by atoms with van der Waals surface area (Å²) in [7, 11) is 1.61. The Hall–Kier alpha value is -1.40. The molecule has 0 radical (unpaired) electrons. The fraction of sp³-hybridized carbons (Fsp3) is 0.733. The Bertz CT molecular complexity index is 418. The minimum Gasteiger partial charge on any atom is -0.347 e. The van der Waals surface area contributed by atoms with Gasteiger partial charge in [-0.3, -0.25) is 9.59 Å². The molecule has 0 N–H and O–H groups in total. The van der Waals surface area contributed by atoms with E-state index < -0.39 is 5.79 Å². The van der Waals surface area contributed by atoms with Crippen molar-refractivity contribution in [1.29, 1.82) is 0 Å². The van der Waals surface area contributed by atoms with Gasteiger partial charge in [0.1, 0.15) is 0 Å². The van der Waals surface area contributed by atoms with Crippen molar-refractivity contribution >= 4 is 11.8 Å². The molecule has 6 heteroatoms. The Morgan fingerprint density at radius 2 is 2.10 bits per heavy atom. The molecule has 1 atom stereocenters. The van der Waals surface area contributed by atoms with Crippen LogP contribution in [0.2, 0.25) is 0 Å². The van der Waals surface area contributed by atoms with Crippen molar-refractivity contribution < 1.29 is 19.1 Å². The third-order valence-electron chi connectivity index (χ3n) is 4.30. The molecule has 0 spiro atoms. The third-order valence-corrected chi connectivity index (χ3v) is 4.30. The van der Waals surface area contributed by atoms with Crippen molar-refractivity contribution in [2.75, 3.05) is 39.9 Å². The van der Waals surface area contributed by atoms with Crippen molar-refractivity contribution in [2.45, 2.75) is 25.6 Å². The van der Waals surface area contributed by atoms with E-state index in [1.54, 1.807) is 11.9 Å². The number of ether oxygens (including phenoxy) is 2. The normalized spacial score (nSPS) is 24.7. The highest BCUT2D eigenvalue weighted by Gasteiger charge is 2.42. The van der Waals surface area contributed by atoms with E-state index in [0.29, 0.717) is 19.8 Å². The molecule has 2 saturated heterocycles. The van der Waals surface area contributed by atoms with Gasteiger partial charge in [0, 0.05) is 26.1 Å². The summed E-state index contributed by atoms with van der Waals surface area (Å²) in [5.41, 5.74) is 0. The highest BCUT2D eigenvalue weighted by atomic mass is 16.7. The monoisotopic (exact) mass is 296 g/mol. The number of amides is 2. The zero-order valence-corrected chi connectivity index (χ0v) is 12.8. The molecule has 2 fully saturated rings. The summed E-state index contributed by atoms with van der Waals surface area (Å²) >= 11 is 0. The van der Waals surface area contributed by atoms with Gasteiger partial charge in [0.15, 0.2) is 5.79 Å². The molecular weight excluding hydrogens is 272 g/mol. The largest absolute Gasteiger partial charge is 0.347 e. The first-order valence-corrected chi connectivity index (χ1v) is 7.39. The van der Waals surface area contributed by atoms with Crippen LogP contribution in [0, 0.1) is 5.92 Å². The fourth-order valence-electron chi connectivity index (χ4n) is 2.93. The molecule has 0 aromatic heterocycles. The molecule has 2 aliphatic rings. The summed E-state index contributed by atoms with van der Waals surface area (Å²) < 4.78 is 11.4. The molecule has 21 heavy (non-hydrogen) atoms. The van der Waals surface area contributed by atoms with Crippen molar-refractivity contribution in [3.8, 4) is 0 Å². The molecule has 2 rings (SSSR count). The molecular formula is C15H24N2O4. The molecule has 2 heterocycles. The number of nitrogens with zero attached hydrogens (tertiary/aromatic N) is 2. The van der Waals surface area contributed by atoms with Gasteiger partial charge in [-0.15, -0.1) is 0 Å². The van der Waals surface area contributed by atoms with E-state index in [-0.39, 0.29) is 24.3 Å². The number of hydrogen-bond acceptors (Lipinski definition) is 4. The molecule has 0 saturated carbocycles. The molecule has 0 aromatic rings.